The Morgan fingerprint density at radius 2 is 1.95 bits per heavy atom. The molecule has 1 saturated heterocycles. The number of phenolic OH excluding ortho intramolecular Hbond substituents is 1. The fourth-order valence-corrected chi connectivity index (χ4v) is 2.95. The van der Waals surface area contributed by atoms with E-state index in [0.29, 0.717) is 11.8 Å². The van der Waals surface area contributed by atoms with E-state index in [-0.39, 0.29) is 6.61 Å². The summed E-state index contributed by atoms with van der Waals surface area (Å²) in [7, 11) is 0. The van der Waals surface area contributed by atoms with Crippen molar-refractivity contribution < 1.29 is 10.2 Å². The molecule has 0 bridgehead atoms. The number of aliphatic hydroxyl groups excluding tert-OH is 1. The maximum atomic E-state index is 10.1. The van der Waals surface area contributed by atoms with Crippen molar-refractivity contribution in [1.29, 1.82) is 0 Å². The van der Waals surface area contributed by atoms with Crippen molar-refractivity contribution >= 4 is 0 Å². The average Bonchev–Trinajstić information content (AvgIpc) is 2.38. The first-order chi connectivity index (χ1) is 9.11. The maximum absolute atomic E-state index is 10.1. The third kappa shape index (κ3) is 3.48. The molecular weight excluding hydrogens is 238 g/mol. The minimum atomic E-state index is 0.250. The molecule has 1 fully saturated rings. The highest BCUT2D eigenvalue weighted by molar-refractivity contribution is 5.40. The number of piperidine rings is 1. The SMILES string of the molecule is Cc1cc(O)c(CN2CCCCC2CCO)cc1C. The first-order valence-corrected chi connectivity index (χ1v) is 7.26. The summed E-state index contributed by atoms with van der Waals surface area (Å²) in [6.45, 7) is 6.21. The minimum absolute atomic E-state index is 0.250. The average molecular weight is 263 g/mol. The Labute approximate surface area is 115 Å². The van der Waals surface area contributed by atoms with Crippen molar-refractivity contribution in [2.24, 2.45) is 0 Å². The minimum Gasteiger partial charge on any atom is -0.508 e. The van der Waals surface area contributed by atoms with E-state index >= 15 is 0 Å². The van der Waals surface area contributed by atoms with E-state index < -0.39 is 0 Å². The molecule has 3 nitrogen and oxygen atoms in total. The maximum Gasteiger partial charge on any atom is 0.120 e. The van der Waals surface area contributed by atoms with E-state index in [0.717, 1.165) is 37.1 Å². The number of rotatable bonds is 4. The van der Waals surface area contributed by atoms with Crippen molar-refractivity contribution in [3.63, 3.8) is 0 Å². The van der Waals surface area contributed by atoms with Gasteiger partial charge in [0.25, 0.3) is 0 Å². The van der Waals surface area contributed by atoms with Crippen LogP contribution in [0.2, 0.25) is 0 Å². The Morgan fingerprint density at radius 1 is 1.21 bits per heavy atom. The summed E-state index contributed by atoms with van der Waals surface area (Å²) < 4.78 is 0. The molecule has 1 aliphatic heterocycles. The lowest BCUT2D eigenvalue weighted by atomic mass is 9.97. The second-order valence-corrected chi connectivity index (χ2v) is 5.70. The van der Waals surface area contributed by atoms with Crippen molar-refractivity contribution in [2.75, 3.05) is 13.2 Å². The van der Waals surface area contributed by atoms with Gasteiger partial charge in [0.05, 0.1) is 0 Å². The molecule has 0 aliphatic carbocycles. The number of aromatic hydroxyl groups is 1. The van der Waals surface area contributed by atoms with Gasteiger partial charge in [0, 0.05) is 24.8 Å². The van der Waals surface area contributed by atoms with Gasteiger partial charge in [-0.15, -0.1) is 0 Å². The number of phenols is 1. The van der Waals surface area contributed by atoms with Gasteiger partial charge in [0.15, 0.2) is 0 Å². The predicted molar refractivity (Wildman–Crippen MR) is 77.3 cm³/mol. The monoisotopic (exact) mass is 263 g/mol. The summed E-state index contributed by atoms with van der Waals surface area (Å²) in [5.41, 5.74) is 3.36. The number of hydrogen-bond acceptors (Lipinski definition) is 3. The van der Waals surface area contributed by atoms with Gasteiger partial charge in [-0.05, 0) is 56.8 Å². The van der Waals surface area contributed by atoms with Gasteiger partial charge >= 0.3 is 0 Å². The molecule has 1 aromatic rings. The van der Waals surface area contributed by atoms with E-state index in [1.54, 1.807) is 0 Å². The van der Waals surface area contributed by atoms with E-state index in [1.807, 2.05) is 13.0 Å². The topological polar surface area (TPSA) is 43.7 Å². The first kappa shape index (κ1) is 14.4. The van der Waals surface area contributed by atoms with Crippen LogP contribution in [-0.2, 0) is 6.54 Å². The van der Waals surface area contributed by atoms with Crippen molar-refractivity contribution in [1.82, 2.24) is 4.90 Å². The van der Waals surface area contributed by atoms with E-state index in [2.05, 4.69) is 17.9 Å². The van der Waals surface area contributed by atoms with Crippen LogP contribution in [0.3, 0.4) is 0 Å². The molecule has 0 spiro atoms. The van der Waals surface area contributed by atoms with E-state index in [9.17, 15) is 5.11 Å². The standard InChI is InChI=1S/C16H25NO2/c1-12-9-14(16(19)10-13(12)2)11-17-7-4-3-5-15(17)6-8-18/h9-10,15,18-19H,3-8,11H2,1-2H3. The lowest BCUT2D eigenvalue weighted by Crippen LogP contribution is -2.39. The summed E-state index contributed by atoms with van der Waals surface area (Å²) in [6.07, 6.45) is 4.46. The van der Waals surface area contributed by atoms with Crippen LogP contribution in [0, 0.1) is 13.8 Å². The van der Waals surface area contributed by atoms with Crippen molar-refractivity contribution in [3.05, 3.63) is 28.8 Å². The van der Waals surface area contributed by atoms with Gasteiger partial charge in [0.2, 0.25) is 0 Å². The molecule has 2 rings (SSSR count). The van der Waals surface area contributed by atoms with Crippen molar-refractivity contribution in [3.8, 4) is 5.75 Å². The summed E-state index contributed by atoms with van der Waals surface area (Å²) >= 11 is 0. The molecule has 2 N–H and O–H groups in total. The number of aryl methyl sites for hydroxylation is 2. The first-order valence-electron chi connectivity index (χ1n) is 7.26. The Morgan fingerprint density at radius 3 is 2.68 bits per heavy atom. The van der Waals surface area contributed by atoms with E-state index in [4.69, 9.17) is 5.11 Å². The second-order valence-electron chi connectivity index (χ2n) is 5.70. The zero-order valence-corrected chi connectivity index (χ0v) is 12.0. The van der Waals surface area contributed by atoms with Gasteiger partial charge < -0.3 is 10.2 Å². The van der Waals surface area contributed by atoms with E-state index in [1.165, 1.54) is 18.4 Å². The molecule has 3 heteroatoms. The summed E-state index contributed by atoms with van der Waals surface area (Å²) in [5.74, 6) is 0.399. The van der Waals surface area contributed by atoms with Crippen LogP contribution in [0.15, 0.2) is 12.1 Å². The van der Waals surface area contributed by atoms with Crippen LogP contribution in [0.1, 0.15) is 42.4 Å². The fourth-order valence-electron chi connectivity index (χ4n) is 2.95. The highest BCUT2D eigenvalue weighted by Gasteiger charge is 2.22. The molecule has 0 aromatic heterocycles. The van der Waals surface area contributed by atoms with Crippen LogP contribution in [0.4, 0.5) is 0 Å². The lowest BCUT2D eigenvalue weighted by molar-refractivity contribution is 0.111. The smallest absolute Gasteiger partial charge is 0.120 e. The van der Waals surface area contributed by atoms with Gasteiger partial charge in [0.1, 0.15) is 5.75 Å². The molecular formula is C16H25NO2. The molecule has 106 valence electrons. The quantitative estimate of drug-likeness (QED) is 0.878. The number of aliphatic hydroxyl groups is 1. The zero-order chi connectivity index (χ0) is 13.8. The summed E-state index contributed by atoms with van der Waals surface area (Å²) in [5, 5.41) is 19.2. The number of nitrogens with zero attached hydrogens (tertiary/aromatic N) is 1. The van der Waals surface area contributed by atoms with Gasteiger partial charge in [-0.1, -0.05) is 12.5 Å². The molecule has 1 unspecified atom stereocenters. The van der Waals surface area contributed by atoms with Crippen LogP contribution >= 0.6 is 0 Å². The Balaban J connectivity index is 2.12. The number of benzene rings is 1. The highest BCUT2D eigenvalue weighted by atomic mass is 16.3. The van der Waals surface area contributed by atoms with Gasteiger partial charge in [-0.25, -0.2) is 0 Å². The van der Waals surface area contributed by atoms with Crippen LogP contribution in [-0.4, -0.2) is 34.3 Å². The van der Waals surface area contributed by atoms with Gasteiger partial charge in [-0.2, -0.15) is 0 Å². The molecule has 1 atom stereocenters. The number of likely N-dealkylation sites (tertiary alicyclic amines) is 1. The third-order valence-corrected chi connectivity index (χ3v) is 4.28. The molecule has 1 aromatic carbocycles. The lowest BCUT2D eigenvalue weighted by Gasteiger charge is -2.35. The van der Waals surface area contributed by atoms with Crippen LogP contribution < -0.4 is 0 Å². The zero-order valence-electron chi connectivity index (χ0n) is 12.0. The van der Waals surface area contributed by atoms with Crippen LogP contribution in [0.25, 0.3) is 0 Å². The third-order valence-electron chi connectivity index (χ3n) is 4.28. The normalized spacial score (nSPS) is 20.7. The molecule has 0 saturated carbocycles. The summed E-state index contributed by atoms with van der Waals surface area (Å²) in [6, 6.07) is 4.41. The highest BCUT2D eigenvalue weighted by Crippen LogP contribution is 2.27. The number of hydrogen-bond donors (Lipinski definition) is 2. The fraction of sp³-hybridized carbons (Fsp3) is 0.625. The Hall–Kier alpha value is -1.06. The predicted octanol–water partition coefficient (Wildman–Crippen LogP) is 2.75. The molecule has 1 heterocycles. The molecule has 1 aliphatic rings. The second kappa shape index (κ2) is 6.40. The van der Waals surface area contributed by atoms with Crippen LogP contribution in [0.5, 0.6) is 5.75 Å². The largest absolute Gasteiger partial charge is 0.508 e. The Kier molecular flexibility index (Phi) is 4.83. The van der Waals surface area contributed by atoms with Gasteiger partial charge in [-0.3, -0.25) is 4.90 Å². The molecule has 0 amide bonds. The summed E-state index contributed by atoms with van der Waals surface area (Å²) in [4.78, 5) is 2.41. The molecule has 19 heavy (non-hydrogen) atoms. The molecule has 0 radical (unpaired) electrons. The Bertz CT molecular complexity index is 429. The van der Waals surface area contributed by atoms with Crippen molar-refractivity contribution in [2.45, 2.75) is 52.1 Å².